The number of hydrogen-bond acceptors (Lipinski definition) is 3. The van der Waals surface area contributed by atoms with Crippen molar-refractivity contribution >= 4 is 11.3 Å². The summed E-state index contributed by atoms with van der Waals surface area (Å²) < 4.78 is 0. The van der Waals surface area contributed by atoms with Crippen molar-refractivity contribution in [2.75, 3.05) is 0 Å². The second-order valence-corrected chi connectivity index (χ2v) is 5.09. The Balaban J connectivity index is 2.11. The van der Waals surface area contributed by atoms with E-state index in [4.69, 9.17) is 0 Å². The molecule has 1 aromatic rings. The van der Waals surface area contributed by atoms with E-state index in [1.165, 1.54) is 0 Å². The van der Waals surface area contributed by atoms with Crippen molar-refractivity contribution in [3.8, 4) is 0 Å². The van der Waals surface area contributed by atoms with E-state index in [1.807, 2.05) is 13.1 Å². The maximum absolute atomic E-state index is 10.2. The van der Waals surface area contributed by atoms with Gasteiger partial charge in [0.05, 0.1) is 9.88 Å². The number of hydrogen-bond donors (Lipinski definition) is 1. The van der Waals surface area contributed by atoms with Crippen molar-refractivity contribution in [3.05, 3.63) is 16.1 Å². The van der Waals surface area contributed by atoms with Crippen molar-refractivity contribution < 1.29 is 5.11 Å². The van der Waals surface area contributed by atoms with Crippen LogP contribution in [0.25, 0.3) is 0 Å². The molecule has 0 aromatic carbocycles. The highest BCUT2D eigenvalue weighted by Gasteiger charge is 2.54. The van der Waals surface area contributed by atoms with Crippen LogP contribution in [0.5, 0.6) is 0 Å². The van der Waals surface area contributed by atoms with Gasteiger partial charge in [-0.2, -0.15) is 0 Å². The van der Waals surface area contributed by atoms with Crippen LogP contribution in [0.4, 0.5) is 0 Å². The predicted octanol–water partition coefficient (Wildman–Crippen LogP) is 2.46. The molecule has 1 aromatic heterocycles. The third-order valence-corrected chi connectivity index (χ3v) is 3.84. The van der Waals surface area contributed by atoms with E-state index >= 15 is 0 Å². The Kier molecular flexibility index (Phi) is 2.16. The zero-order chi connectivity index (χ0) is 9.47. The van der Waals surface area contributed by atoms with Gasteiger partial charge >= 0.3 is 0 Å². The Bertz CT molecular complexity index is 310. The monoisotopic (exact) mass is 197 g/mol. The molecule has 1 N–H and O–H groups in total. The Morgan fingerprint density at radius 2 is 2.54 bits per heavy atom. The fraction of sp³-hybridized carbons (Fsp3) is 0.700. The average Bonchev–Trinajstić information content (AvgIpc) is 2.57. The molecule has 0 amide bonds. The van der Waals surface area contributed by atoms with Crippen LogP contribution in [0, 0.1) is 12.8 Å². The van der Waals surface area contributed by atoms with Crippen molar-refractivity contribution in [1.29, 1.82) is 0 Å². The molecule has 1 aliphatic carbocycles. The van der Waals surface area contributed by atoms with Gasteiger partial charge in [0.2, 0.25) is 0 Å². The van der Waals surface area contributed by atoms with Gasteiger partial charge < -0.3 is 5.11 Å². The highest BCUT2D eigenvalue weighted by atomic mass is 32.1. The topological polar surface area (TPSA) is 33.1 Å². The second-order valence-electron chi connectivity index (χ2n) is 3.86. The second kappa shape index (κ2) is 3.07. The largest absolute Gasteiger partial charge is 0.384 e. The molecule has 13 heavy (non-hydrogen) atoms. The summed E-state index contributed by atoms with van der Waals surface area (Å²) in [5.74, 6) is 0.484. The lowest BCUT2D eigenvalue weighted by atomic mass is 10.1. The predicted molar refractivity (Wildman–Crippen MR) is 53.8 cm³/mol. The van der Waals surface area contributed by atoms with Gasteiger partial charge in [-0.25, -0.2) is 4.98 Å². The van der Waals surface area contributed by atoms with Crippen LogP contribution >= 0.6 is 11.3 Å². The fourth-order valence-corrected chi connectivity index (χ4v) is 2.83. The van der Waals surface area contributed by atoms with E-state index < -0.39 is 5.60 Å². The van der Waals surface area contributed by atoms with Crippen LogP contribution in [0.1, 0.15) is 36.1 Å². The molecule has 1 saturated carbocycles. The molecule has 1 heterocycles. The zero-order valence-electron chi connectivity index (χ0n) is 8.08. The SMILES string of the molecule is CCCC1CC1(O)c1cnc(C)s1. The molecule has 2 atom stereocenters. The van der Waals surface area contributed by atoms with Crippen LogP contribution in [-0.4, -0.2) is 10.1 Å². The van der Waals surface area contributed by atoms with Crippen molar-refractivity contribution in [1.82, 2.24) is 4.98 Å². The Hall–Kier alpha value is -0.410. The number of thiazole rings is 1. The van der Waals surface area contributed by atoms with E-state index in [0.29, 0.717) is 5.92 Å². The summed E-state index contributed by atoms with van der Waals surface area (Å²) in [5, 5.41) is 11.2. The number of aliphatic hydroxyl groups is 1. The zero-order valence-corrected chi connectivity index (χ0v) is 8.90. The number of nitrogens with zero attached hydrogens (tertiary/aromatic N) is 1. The Morgan fingerprint density at radius 1 is 1.77 bits per heavy atom. The first-order valence-electron chi connectivity index (χ1n) is 4.82. The van der Waals surface area contributed by atoms with Gasteiger partial charge in [0.15, 0.2) is 0 Å². The Labute approximate surface area is 82.6 Å². The van der Waals surface area contributed by atoms with Crippen LogP contribution in [-0.2, 0) is 5.60 Å². The smallest absolute Gasteiger partial charge is 0.104 e. The van der Waals surface area contributed by atoms with E-state index in [1.54, 1.807) is 11.3 Å². The van der Waals surface area contributed by atoms with Crippen molar-refractivity contribution in [2.24, 2.45) is 5.92 Å². The van der Waals surface area contributed by atoms with Gasteiger partial charge in [-0.15, -0.1) is 11.3 Å². The lowest BCUT2D eigenvalue weighted by Gasteiger charge is -2.05. The molecule has 2 unspecified atom stereocenters. The van der Waals surface area contributed by atoms with Gasteiger partial charge in [0.1, 0.15) is 5.60 Å². The summed E-state index contributed by atoms with van der Waals surface area (Å²) in [7, 11) is 0. The van der Waals surface area contributed by atoms with E-state index in [9.17, 15) is 5.11 Å². The molecule has 2 nitrogen and oxygen atoms in total. The normalized spacial score (nSPS) is 32.1. The molecule has 0 spiro atoms. The molecular formula is C10H15NOS. The number of rotatable bonds is 3. The van der Waals surface area contributed by atoms with E-state index in [0.717, 1.165) is 29.1 Å². The standard InChI is InChI=1S/C10H15NOS/c1-3-4-8-5-10(8,12)9-6-11-7(2)13-9/h6,8,12H,3-5H2,1-2H3. The van der Waals surface area contributed by atoms with Gasteiger partial charge in [-0.1, -0.05) is 13.3 Å². The first-order chi connectivity index (χ1) is 6.16. The molecule has 0 bridgehead atoms. The highest BCUT2D eigenvalue weighted by molar-refractivity contribution is 7.11. The summed E-state index contributed by atoms with van der Waals surface area (Å²) in [6.07, 6.45) is 5.05. The molecular weight excluding hydrogens is 182 g/mol. The average molecular weight is 197 g/mol. The molecule has 3 heteroatoms. The Morgan fingerprint density at radius 3 is 3.08 bits per heavy atom. The van der Waals surface area contributed by atoms with Crippen molar-refractivity contribution in [2.45, 2.75) is 38.7 Å². The van der Waals surface area contributed by atoms with Crippen LogP contribution in [0.2, 0.25) is 0 Å². The minimum Gasteiger partial charge on any atom is -0.384 e. The van der Waals surface area contributed by atoms with Crippen LogP contribution in [0.15, 0.2) is 6.20 Å². The summed E-state index contributed by atoms with van der Waals surface area (Å²) in [6, 6.07) is 0. The maximum Gasteiger partial charge on any atom is 0.104 e. The summed E-state index contributed by atoms with van der Waals surface area (Å²) in [5.41, 5.74) is -0.512. The minimum absolute atomic E-state index is 0.484. The molecule has 0 radical (unpaired) electrons. The van der Waals surface area contributed by atoms with Gasteiger partial charge in [0, 0.05) is 6.20 Å². The molecule has 72 valence electrons. The maximum atomic E-state index is 10.2. The summed E-state index contributed by atoms with van der Waals surface area (Å²) in [4.78, 5) is 5.23. The lowest BCUT2D eigenvalue weighted by Crippen LogP contribution is -2.05. The molecule has 2 rings (SSSR count). The first kappa shape index (κ1) is 9.16. The van der Waals surface area contributed by atoms with Crippen LogP contribution < -0.4 is 0 Å². The minimum atomic E-state index is -0.512. The highest BCUT2D eigenvalue weighted by Crippen LogP contribution is 2.55. The molecule has 1 aliphatic rings. The van der Waals surface area contributed by atoms with Crippen LogP contribution in [0.3, 0.4) is 0 Å². The van der Waals surface area contributed by atoms with E-state index in [2.05, 4.69) is 11.9 Å². The fourth-order valence-electron chi connectivity index (χ4n) is 1.87. The first-order valence-corrected chi connectivity index (χ1v) is 5.63. The molecule has 0 aliphatic heterocycles. The van der Waals surface area contributed by atoms with Crippen molar-refractivity contribution in [3.63, 3.8) is 0 Å². The third-order valence-electron chi connectivity index (χ3n) is 2.76. The molecule has 0 saturated heterocycles. The van der Waals surface area contributed by atoms with Gasteiger partial charge in [0.25, 0.3) is 0 Å². The van der Waals surface area contributed by atoms with E-state index in [-0.39, 0.29) is 0 Å². The molecule has 1 fully saturated rings. The quantitative estimate of drug-likeness (QED) is 0.807. The number of aryl methyl sites for hydroxylation is 1. The third kappa shape index (κ3) is 1.51. The van der Waals surface area contributed by atoms with Gasteiger partial charge in [-0.3, -0.25) is 0 Å². The number of aromatic nitrogens is 1. The van der Waals surface area contributed by atoms with Gasteiger partial charge in [-0.05, 0) is 25.7 Å². The summed E-state index contributed by atoms with van der Waals surface area (Å²) in [6.45, 7) is 4.14. The lowest BCUT2D eigenvalue weighted by molar-refractivity contribution is 0.133. The summed E-state index contributed by atoms with van der Waals surface area (Å²) >= 11 is 1.63.